The molecule has 26 heavy (non-hydrogen) atoms. The van der Waals surface area contributed by atoms with Gasteiger partial charge >= 0.3 is 5.97 Å². The number of nitrogens with zero attached hydrogens (tertiary/aromatic N) is 1. The number of carbonyl (C=O) groups is 2. The molecule has 0 radical (unpaired) electrons. The predicted molar refractivity (Wildman–Crippen MR) is 97.8 cm³/mol. The summed E-state index contributed by atoms with van der Waals surface area (Å²) in [5, 5.41) is 0. The van der Waals surface area contributed by atoms with Crippen LogP contribution in [0.1, 0.15) is 40.0 Å². The molecule has 1 atom stereocenters. The van der Waals surface area contributed by atoms with Crippen LogP contribution >= 0.6 is 0 Å². The van der Waals surface area contributed by atoms with Crippen LogP contribution in [-0.4, -0.2) is 76.1 Å². The van der Waals surface area contributed by atoms with Gasteiger partial charge in [-0.15, -0.1) is 0 Å². The lowest BCUT2D eigenvalue weighted by Gasteiger charge is -2.18. The Balaban J connectivity index is 1.95. The number of ether oxygens (including phenoxy) is 4. The van der Waals surface area contributed by atoms with Crippen molar-refractivity contribution >= 4 is 11.9 Å². The number of amides is 1. The lowest BCUT2D eigenvalue weighted by Crippen LogP contribution is -2.30. The summed E-state index contributed by atoms with van der Waals surface area (Å²) in [5.41, 5.74) is 0. The Hall–Kier alpha value is -1.18. The van der Waals surface area contributed by atoms with E-state index in [-0.39, 0.29) is 30.8 Å². The van der Waals surface area contributed by atoms with E-state index in [0.717, 1.165) is 19.4 Å². The van der Waals surface area contributed by atoms with Gasteiger partial charge in [-0.2, -0.15) is 0 Å². The maximum atomic E-state index is 12.0. The minimum Gasteiger partial charge on any atom is -0.463 e. The summed E-state index contributed by atoms with van der Waals surface area (Å²) in [5.74, 6) is -0.231. The predicted octanol–water partition coefficient (Wildman–Crippen LogP) is 1.88. The summed E-state index contributed by atoms with van der Waals surface area (Å²) in [6, 6.07) is 0. The van der Waals surface area contributed by atoms with Crippen LogP contribution in [0.25, 0.3) is 0 Å². The van der Waals surface area contributed by atoms with Gasteiger partial charge in [-0.1, -0.05) is 27.2 Å². The first kappa shape index (κ1) is 22.9. The third-order valence-corrected chi connectivity index (χ3v) is 3.99. The molecule has 0 bridgehead atoms. The molecule has 0 aromatic rings. The fraction of sp³-hybridized carbons (Fsp3) is 0.895. The number of hydrogen-bond acceptors (Lipinski definition) is 6. The molecule has 7 nitrogen and oxygen atoms in total. The van der Waals surface area contributed by atoms with Gasteiger partial charge in [0.15, 0.2) is 0 Å². The Morgan fingerprint density at radius 2 is 1.62 bits per heavy atom. The molecule has 1 saturated heterocycles. The number of likely N-dealkylation sites (tertiary alicyclic amines) is 1. The van der Waals surface area contributed by atoms with Crippen LogP contribution < -0.4 is 0 Å². The summed E-state index contributed by atoms with van der Waals surface area (Å²) in [7, 11) is 0. The zero-order valence-electron chi connectivity index (χ0n) is 16.5. The van der Waals surface area contributed by atoms with Crippen LogP contribution in [0, 0.1) is 11.8 Å². The largest absolute Gasteiger partial charge is 0.463 e. The maximum Gasteiger partial charge on any atom is 0.311 e. The van der Waals surface area contributed by atoms with Crippen molar-refractivity contribution in [2.75, 3.05) is 59.3 Å². The molecule has 0 aromatic carbocycles. The average Bonchev–Trinajstić information content (AvgIpc) is 2.96. The van der Waals surface area contributed by atoms with Crippen molar-refractivity contribution in [1.82, 2.24) is 4.90 Å². The van der Waals surface area contributed by atoms with E-state index in [9.17, 15) is 9.59 Å². The topological polar surface area (TPSA) is 74.3 Å². The molecule has 1 amide bonds. The molecule has 1 rings (SSSR count). The van der Waals surface area contributed by atoms with Crippen LogP contribution in [-0.2, 0) is 28.5 Å². The molecule has 0 N–H and O–H groups in total. The summed E-state index contributed by atoms with van der Waals surface area (Å²) in [4.78, 5) is 25.6. The number of unbranched alkanes of at least 4 members (excludes halogenated alkanes) is 1. The normalized spacial score (nSPS) is 17.3. The Bertz CT molecular complexity index is 401. The van der Waals surface area contributed by atoms with Gasteiger partial charge in [-0.3, -0.25) is 9.59 Å². The lowest BCUT2D eigenvalue weighted by molar-refractivity contribution is -0.150. The highest BCUT2D eigenvalue weighted by molar-refractivity contribution is 5.86. The van der Waals surface area contributed by atoms with Gasteiger partial charge in [-0.25, -0.2) is 0 Å². The SMILES string of the molecule is CCCCOCCOCCOCCOC(=O)C1CC(=O)N(CC(C)C)C1. The molecule has 0 aromatic heterocycles. The number of carbonyl (C=O) groups excluding carboxylic acids is 2. The van der Waals surface area contributed by atoms with Gasteiger partial charge in [0.25, 0.3) is 0 Å². The third kappa shape index (κ3) is 10.1. The molecule has 1 heterocycles. The fourth-order valence-electron chi connectivity index (χ4n) is 2.65. The molecule has 1 aliphatic rings. The molecular formula is C19H35NO6. The second kappa shape index (κ2) is 13.9. The van der Waals surface area contributed by atoms with Gasteiger partial charge in [0.1, 0.15) is 6.61 Å². The van der Waals surface area contributed by atoms with Crippen molar-refractivity contribution in [3.05, 3.63) is 0 Å². The summed E-state index contributed by atoms with van der Waals surface area (Å²) < 4.78 is 21.3. The first-order valence-electron chi connectivity index (χ1n) is 9.72. The molecule has 1 unspecified atom stereocenters. The molecule has 152 valence electrons. The Morgan fingerprint density at radius 3 is 2.19 bits per heavy atom. The van der Waals surface area contributed by atoms with E-state index in [2.05, 4.69) is 20.8 Å². The third-order valence-electron chi connectivity index (χ3n) is 3.99. The van der Waals surface area contributed by atoms with E-state index in [4.69, 9.17) is 18.9 Å². The van der Waals surface area contributed by atoms with Crippen LogP contribution in [0.2, 0.25) is 0 Å². The summed E-state index contributed by atoms with van der Waals surface area (Å²) >= 11 is 0. The molecule has 7 heteroatoms. The average molecular weight is 373 g/mol. The van der Waals surface area contributed by atoms with E-state index < -0.39 is 0 Å². The molecule has 0 saturated carbocycles. The molecule has 1 fully saturated rings. The summed E-state index contributed by atoms with van der Waals surface area (Å²) in [6.45, 7) is 10.8. The van der Waals surface area contributed by atoms with Gasteiger partial charge < -0.3 is 23.8 Å². The van der Waals surface area contributed by atoms with Crippen LogP contribution in [0.5, 0.6) is 0 Å². The second-order valence-corrected chi connectivity index (χ2v) is 6.95. The first-order valence-corrected chi connectivity index (χ1v) is 9.72. The van der Waals surface area contributed by atoms with Crippen LogP contribution in [0.4, 0.5) is 0 Å². The van der Waals surface area contributed by atoms with E-state index in [0.29, 0.717) is 52.0 Å². The van der Waals surface area contributed by atoms with Crippen molar-refractivity contribution in [2.24, 2.45) is 11.8 Å². The van der Waals surface area contributed by atoms with Crippen molar-refractivity contribution in [3.63, 3.8) is 0 Å². The van der Waals surface area contributed by atoms with Crippen molar-refractivity contribution in [3.8, 4) is 0 Å². The van der Waals surface area contributed by atoms with Crippen molar-refractivity contribution in [1.29, 1.82) is 0 Å². The first-order chi connectivity index (χ1) is 12.5. The van der Waals surface area contributed by atoms with E-state index in [1.807, 2.05) is 0 Å². The minimum atomic E-state index is -0.350. The monoisotopic (exact) mass is 373 g/mol. The Kier molecular flexibility index (Phi) is 12.3. The van der Waals surface area contributed by atoms with Crippen LogP contribution in [0.3, 0.4) is 0 Å². The van der Waals surface area contributed by atoms with Crippen LogP contribution in [0.15, 0.2) is 0 Å². The van der Waals surface area contributed by atoms with E-state index in [1.165, 1.54) is 0 Å². The number of rotatable bonds is 15. The zero-order chi connectivity index (χ0) is 19.2. The van der Waals surface area contributed by atoms with Gasteiger partial charge in [0.2, 0.25) is 5.91 Å². The standard InChI is InChI=1S/C19H35NO6/c1-4-5-6-23-7-8-24-9-10-25-11-12-26-19(22)17-13-18(21)20(15-17)14-16(2)3/h16-17H,4-15H2,1-3H3. The molecule has 0 aliphatic carbocycles. The highest BCUT2D eigenvalue weighted by Crippen LogP contribution is 2.20. The number of hydrogen-bond donors (Lipinski definition) is 0. The quantitative estimate of drug-likeness (QED) is 0.322. The minimum absolute atomic E-state index is 0.0349. The highest BCUT2D eigenvalue weighted by atomic mass is 16.6. The summed E-state index contributed by atoms with van der Waals surface area (Å²) in [6.07, 6.45) is 2.46. The zero-order valence-corrected chi connectivity index (χ0v) is 16.5. The lowest BCUT2D eigenvalue weighted by atomic mass is 10.1. The van der Waals surface area contributed by atoms with Gasteiger partial charge in [0, 0.05) is 26.1 Å². The Morgan fingerprint density at radius 1 is 1.04 bits per heavy atom. The smallest absolute Gasteiger partial charge is 0.311 e. The van der Waals surface area contributed by atoms with Gasteiger partial charge in [-0.05, 0) is 12.3 Å². The maximum absolute atomic E-state index is 12.0. The van der Waals surface area contributed by atoms with E-state index in [1.54, 1.807) is 4.90 Å². The molecule has 0 spiro atoms. The van der Waals surface area contributed by atoms with Crippen molar-refractivity contribution < 1.29 is 28.5 Å². The molecule has 1 aliphatic heterocycles. The molecular weight excluding hydrogens is 338 g/mol. The Labute approximate surface area is 157 Å². The number of esters is 1. The second-order valence-electron chi connectivity index (χ2n) is 6.95. The fourth-order valence-corrected chi connectivity index (χ4v) is 2.65. The van der Waals surface area contributed by atoms with Gasteiger partial charge in [0.05, 0.1) is 39.0 Å². The van der Waals surface area contributed by atoms with E-state index >= 15 is 0 Å². The highest BCUT2D eigenvalue weighted by Gasteiger charge is 2.35. The van der Waals surface area contributed by atoms with Crippen molar-refractivity contribution in [2.45, 2.75) is 40.0 Å².